The molecule has 0 spiro atoms. The molecule has 0 saturated carbocycles. The van der Waals surface area contributed by atoms with Crippen LogP contribution in [0.1, 0.15) is 17.3 Å². The molecule has 0 fully saturated rings. The van der Waals surface area contributed by atoms with Gasteiger partial charge in [0.05, 0.1) is 24.9 Å². The van der Waals surface area contributed by atoms with Crippen LogP contribution >= 0.6 is 11.6 Å². The van der Waals surface area contributed by atoms with Crippen molar-refractivity contribution < 1.29 is 19.1 Å². The van der Waals surface area contributed by atoms with E-state index in [1.807, 2.05) is 0 Å². The SMILES string of the molecule is COc1cc(NC(=O)Nc2ccc(C(C)=O)cc2)c(OC)cc1Cl. The number of amides is 2. The number of Topliss-reactive ketones (excluding diaryl/α,β-unsaturated/α-hetero) is 1. The minimum atomic E-state index is -0.465. The average molecular weight is 349 g/mol. The van der Waals surface area contributed by atoms with Crippen LogP contribution in [0.25, 0.3) is 0 Å². The maximum atomic E-state index is 12.1. The summed E-state index contributed by atoms with van der Waals surface area (Å²) >= 11 is 6.03. The standard InChI is InChI=1S/C17H17ClN2O4/c1-10(21)11-4-6-12(7-5-11)19-17(22)20-14-9-15(23-2)13(18)8-16(14)24-3/h4-9H,1-3H3,(H2,19,20,22). The van der Waals surface area contributed by atoms with E-state index in [1.165, 1.54) is 21.1 Å². The Morgan fingerprint density at radius 2 is 1.58 bits per heavy atom. The van der Waals surface area contributed by atoms with Gasteiger partial charge in [0.15, 0.2) is 5.78 Å². The molecule has 0 saturated heterocycles. The molecule has 6 nitrogen and oxygen atoms in total. The van der Waals surface area contributed by atoms with Crippen LogP contribution in [0.5, 0.6) is 11.5 Å². The van der Waals surface area contributed by atoms with Crippen molar-refractivity contribution in [3.05, 3.63) is 47.0 Å². The summed E-state index contributed by atoms with van der Waals surface area (Å²) in [5.74, 6) is 0.783. The Labute approximate surface area is 144 Å². The van der Waals surface area contributed by atoms with Crippen molar-refractivity contribution in [1.29, 1.82) is 0 Å². The Hall–Kier alpha value is -2.73. The molecular formula is C17H17ClN2O4. The van der Waals surface area contributed by atoms with Gasteiger partial charge in [-0.05, 0) is 31.2 Å². The maximum Gasteiger partial charge on any atom is 0.323 e. The van der Waals surface area contributed by atoms with Crippen LogP contribution < -0.4 is 20.1 Å². The van der Waals surface area contributed by atoms with Crippen molar-refractivity contribution in [1.82, 2.24) is 0 Å². The van der Waals surface area contributed by atoms with Crippen LogP contribution in [0.15, 0.2) is 36.4 Å². The van der Waals surface area contributed by atoms with Crippen LogP contribution in [0.3, 0.4) is 0 Å². The van der Waals surface area contributed by atoms with Crippen molar-refractivity contribution in [2.75, 3.05) is 24.9 Å². The molecule has 0 unspecified atom stereocenters. The van der Waals surface area contributed by atoms with Gasteiger partial charge in [0, 0.05) is 23.4 Å². The van der Waals surface area contributed by atoms with E-state index in [0.717, 1.165) is 0 Å². The van der Waals surface area contributed by atoms with E-state index in [2.05, 4.69) is 10.6 Å². The summed E-state index contributed by atoms with van der Waals surface area (Å²) in [6, 6.07) is 9.24. The molecule has 0 radical (unpaired) electrons. The monoisotopic (exact) mass is 348 g/mol. The highest BCUT2D eigenvalue weighted by atomic mass is 35.5. The van der Waals surface area contributed by atoms with Gasteiger partial charge in [-0.1, -0.05) is 11.6 Å². The van der Waals surface area contributed by atoms with Crippen molar-refractivity contribution in [3.63, 3.8) is 0 Å². The lowest BCUT2D eigenvalue weighted by Gasteiger charge is -2.13. The largest absolute Gasteiger partial charge is 0.495 e. The molecule has 0 bridgehead atoms. The predicted octanol–water partition coefficient (Wildman–Crippen LogP) is 4.20. The molecule has 0 aromatic heterocycles. The fraction of sp³-hybridized carbons (Fsp3) is 0.176. The Kier molecular flexibility index (Phi) is 5.65. The van der Waals surface area contributed by atoms with E-state index >= 15 is 0 Å². The van der Waals surface area contributed by atoms with E-state index in [1.54, 1.807) is 36.4 Å². The van der Waals surface area contributed by atoms with E-state index in [9.17, 15) is 9.59 Å². The Balaban J connectivity index is 2.13. The molecule has 126 valence electrons. The Morgan fingerprint density at radius 3 is 2.12 bits per heavy atom. The third kappa shape index (κ3) is 4.17. The molecule has 7 heteroatoms. The van der Waals surface area contributed by atoms with Gasteiger partial charge < -0.3 is 20.1 Å². The van der Waals surface area contributed by atoms with E-state index < -0.39 is 6.03 Å². The van der Waals surface area contributed by atoms with Crippen LogP contribution in [0.4, 0.5) is 16.2 Å². The zero-order valence-electron chi connectivity index (χ0n) is 13.5. The van der Waals surface area contributed by atoms with Crippen molar-refractivity contribution in [2.45, 2.75) is 6.92 Å². The van der Waals surface area contributed by atoms with Gasteiger partial charge in [-0.3, -0.25) is 4.79 Å². The van der Waals surface area contributed by atoms with Gasteiger partial charge in [-0.2, -0.15) is 0 Å². The zero-order valence-corrected chi connectivity index (χ0v) is 14.2. The molecule has 0 atom stereocenters. The third-order valence-electron chi connectivity index (χ3n) is 3.27. The molecule has 0 heterocycles. The highest BCUT2D eigenvalue weighted by molar-refractivity contribution is 6.32. The number of halogens is 1. The fourth-order valence-electron chi connectivity index (χ4n) is 2.03. The smallest absolute Gasteiger partial charge is 0.323 e. The number of methoxy groups -OCH3 is 2. The quantitative estimate of drug-likeness (QED) is 0.794. The number of rotatable bonds is 5. The number of hydrogen-bond donors (Lipinski definition) is 2. The molecule has 0 aliphatic rings. The van der Waals surface area contributed by atoms with Gasteiger partial charge in [0.25, 0.3) is 0 Å². The number of ketones is 1. The summed E-state index contributed by atoms with van der Waals surface area (Å²) in [6.45, 7) is 1.48. The van der Waals surface area contributed by atoms with Crippen LogP contribution in [0, 0.1) is 0 Å². The highest BCUT2D eigenvalue weighted by Gasteiger charge is 2.12. The van der Waals surface area contributed by atoms with Crippen LogP contribution in [0.2, 0.25) is 5.02 Å². The number of carbonyl (C=O) groups is 2. The van der Waals surface area contributed by atoms with Gasteiger partial charge in [0.2, 0.25) is 0 Å². The molecule has 0 aliphatic heterocycles. The minimum Gasteiger partial charge on any atom is -0.495 e. The lowest BCUT2D eigenvalue weighted by Crippen LogP contribution is -2.20. The molecule has 2 N–H and O–H groups in total. The van der Waals surface area contributed by atoms with Crippen molar-refractivity contribution in [2.24, 2.45) is 0 Å². The number of hydrogen-bond acceptors (Lipinski definition) is 4. The van der Waals surface area contributed by atoms with Gasteiger partial charge in [-0.25, -0.2) is 4.79 Å². The normalized spacial score (nSPS) is 10.0. The summed E-state index contributed by atoms with van der Waals surface area (Å²) in [6.07, 6.45) is 0. The van der Waals surface area contributed by atoms with Gasteiger partial charge >= 0.3 is 6.03 Å². The predicted molar refractivity (Wildman–Crippen MR) is 93.6 cm³/mol. The first kappa shape index (κ1) is 17.6. The topological polar surface area (TPSA) is 76.7 Å². The summed E-state index contributed by atoms with van der Waals surface area (Å²) in [5, 5.41) is 5.71. The summed E-state index contributed by atoms with van der Waals surface area (Å²) < 4.78 is 10.3. The highest BCUT2D eigenvalue weighted by Crippen LogP contribution is 2.35. The first-order chi connectivity index (χ1) is 11.4. The molecular weight excluding hydrogens is 332 g/mol. The first-order valence-electron chi connectivity index (χ1n) is 7.05. The van der Waals surface area contributed by atoms with Gasteiger partial charge in [-0.15, -0.1) is 0 Å². The lowest BCUT2D eigenvalue weighted by atomic mass is 10.1. The second-order valence-corrected chi connectivity index (χ2v) is 5.31. The number of anilines is 2. The summed E-state index contributed by atoms with van der Waals surface area (Å²) in [5.41, 5.74) is 1.54. The molecule has 2 aromatic carbocycles. The summed E-state index contributed by atoms with van der Waals surface area (Å²) in [7, 11) is 2.95. The molecule has 24 heavy (non-hydrogen) atoms. The van der Waals surface area contributed by atoms with Crippen molar-refractivity contribution >= 4 is 34.8 Å². The molecule has 2 aromatic rings. The number of nitrogens with one attached hydrogen (secondary N) is 2. The molecule has 0 aliphatic carbocycles. The number of urea groups is 1. The first-order valence-corrected chi connectivity index (χ1v) is 7.43. The third-order valence-corrected chi connectivity index (χ3v) is 3.57. The van der Waals surface area contributed by atoms with E-state index in [0.29, 0.717) is 33.5 Å². The van der Waals surface area contributed by atoms with Gasteiger partial charge in [0.1, 0.15) is 11.5 Å². The molecule has 2 rings (SSSR count). The van der Waals surface area contributed by atoms with Crippen molar-refractivity contribution in [3.8, 4) is 11.5 Å². The lowest BCUT2D eigenvalue weighted by molar-refractivity contribution is 0.101. The van der Waals surface area contributed by atoms with E-state index in [-0.39, 0.29) is 5.78 Å². The molecule has 2 amide bonds. The van der Waals surface area contributed by atoms with E-state index in [4.69, 9.17) is 21.1 Å². The zero-order chi connectivity index (χ0) is 17.7. The Bertz CT molecular complexity index is 760. The fourth-order valence-corrected chi connectivity index (χ4v) is 2.26. The second-order valence-electron chi connectivity index (χ2n) is 4.90. The number of carbonyl (C=O) groups excluding carboxylic acids is 2. The second kappa shape index (κ2) is 7.70. The maximum absolute atomic E-state index is 12.1. The number of benzene rings is 2. The minimum absolute atomic E-state index is 0.0380. The average Bonchev–Trinajstić information content (AvgIpc) is 2.56. The van der Waals surface area contributed by atoms with Crippen LogP contribution in [-0.2, 0) is 0 Å². The van der Waals surface area contributed by atoms with Crippen LogP contribution in [-0.4, -0.2) is 26.0 Å². The summed E-state index contributed by atoms with van der Waals surface area (Å²) in [4.78, 5) is 23.4. The number of ether oxygens (including phenoxy) is 2. The Morgan fingerprint density at radius 1 is 0.958 bits per heavy atom.